The van der Waals surface area contributed by atoms with Crippen molar-refractivity contribution in [2.24, 2.45) is 0 Å². The molecular weight excluding hydrogens is 428 g/mol. The van der Waals surface area contributed by atoms with Crippen LogP contribution in [0, 0.1) is 0 Å². The summed E-state index contributed by atoms with van der Waals surface area (Å²) >= 11 is 11.8. The summed E-state index contributed by atoms with van der Waals surface area (Å²) in [5.41, 5.74) is 1.73. The first-order chi connectivity index (χ1) is 13.9. The van der Waals surface area contributed by atoms with Gasteiger partial charge in [0.1, 0.15) is 5.75 Å². The quantitative estimate of drug-likeness (QED) is 0.483. The van der Waals surface area contributed by atoms with Crippen LogP contribution in [0.5, 0.6) is 5.75 Å². The lowest BCUT2D eigenvalue weighted by Crippen LogP contribution is -2.37. The summed E-state index contributed by atoms with van der Waals surface area (Å²) in [6.45, 7) is 2.81. The van der Waals surface area contributed by atoms with Crippen LogP contribution in [-0.4, -0.2) is 43.7 Å². The fourth-order valence-corrected chi connectivity index (χ4v) is 6.47. The van der Waals surface area contributed by atoms with Crippen LogP contribution >= 0.6 is 23.8 Å². The Morgan fingerprint density at radius 1 is 1.00 bits per heavy atom. The lowest BCUT2D eigenvalue weighted by atomic mass is 10.1. The zero-order chi connectivity index (χ0) is 20.6. The van der Waals surface area contributed by atoms with Crippen LogP contribution in [-0.2, 0) is 9.84 Å². The van der Waals surface area contributed by atoms with Crippen LogP contribution in [0.15, 0.2) is 48.5 Å². The van der Waals surface area contributed by atoms with Crippen molar-refractivity contribution in [3.8, 4) is 5.75 Å². The molecular formula is C21H23ClN2O3S2. The van der Waals surface area contributed by atoms with Crippen molar-refractivity contribution >= 4 is 50.1 Å². The highest BCUT2D eigenvalue weighted by Crippen LogP contribution is 2.38. The van der Waals surface area contributed by atoms with Gasteiger partial charge in [0.15, 0.2) is 14.9 Å². The summed E-state index contributed by atoms with van der Waals surface area (Å²) in [4.78, 5) is 3.92. The average molecular weight is 451 g/mol. The largest absolute Gasteiger partial charge is 0.494 e. The molecule has 0 N–H and O–H groups in total. The molecule has 5 nitrogen and oxygen atoms in total. The van der Waals surface area contributed by atoms with E-state index in [4.69, 9.17) is 28.6 Å². The van der Waals surface area contributed by atoms with Crippen molar-refractivity contribution in [1.29, 1.82) is 0 Å². The molecule has 2 fully saturated rings. The van der Waals surface area contributed by atoms with Crippen molar-refractivity contribution in [1.82, 2.24) is 0 Å². The minimum atomic E-state index is -3.14. The molecule has 2 aliphatic rings. The van der Waals surface area contributed by atoms with Crippen molar-refractivity contribution in [2.75, 3.05) is 27.9 Å². The van der Waals surface area contributed by atoms with Crippen LogP contribution in [0.1, 0.15) is 19.8 Å². The number of rotatable bonds is 6. The molecule has 0 spiro atoms. The molecule has 2 heterocycles. The highest BCUT2D eigenvalue weighted by Gasteiger charge is 2.52. The maximum absolute atomic E-state index is 12.4. The molecule has 2 saturated heterocycles. The standard InChI is InChI=1S/C21H23ClN2O3S2/c1-2-3-12-27-18-10-8-17(9-11-18)24-20-14-29(25,26)13-19(20)23(21(24)28)16-6-4-15(22)5-7-16/h4-11,19-20H,2-3,12-14H2,1H3. The normalized spacial score (nSPS) is 22.8. The second kappa shape index (κ2) is 8.13. The Morgan fingerprint density at radius 2 is 1.52 bits per heavy atom. The van der Waals surface area contributed by atoms with Gasteiger partial charge < -0.3 is 14.5 Å². The first-order valence-corrected chi connectivity index (χ1v) is 12.3. The summed E-state index contributed by atoms with van der Waals surface area (Å²) in [6.07, 6.45) is 2.09. The van der Waals surface area contributed by atoms with Gasteiger partial charge in [0, 0.05) is 16.4 Å². The number of sulfone groups is 1. The summed E-state index contributed by atoms with van der Waals surface area (Å²) in [5, 5.41) is 1.24. The smallest absolute Gasteiger partial charge is 0.181 e. The Bertz CT molecular complexity index is 994. The van der Waals surface area contributed by atoms with Gasteiger partial charge in [-0.15, -0.1) is 0 Å². The molecule has 0 aliphatic carbocycles. The van der Waals surface area contributed by atoms with Crippen molar-refractivity contribution < 1.29 is 13.2 Å². The summed E-state index contributed by atoms with van der Waals surface area (Å²) in [5.74, 6) is 0.990. The van der Waals surface area contributed by atoms with E-state index in [0.717, 1.165) is 30.0 Å². The number of thiocarbonyl (C=S) groups is 1. The molecule has 2 atom stereocenters. The first kappa shape index (κ1) is 20.4. The number of nitrogens with zero attached hydrogens (tertiary/aromatic N) is 2. The van der Waals surface area contributed by atoms with Gasteiger partial charge in [0.05, 0.1) is 30.2 Å². The molecule has 29 heavy (non-hydrogen) atoms. The maximum Gasteiger partial charge on any atom is 0.181 e. The van der Waals surface area contributed by atoms with E-state index in [2.05, 4.69) is 6.92 Å². The van der Waals surface area contributed by atoms with E-state index in [-0.39, 0.29) is 23.6 Å². The van der Waals surface area contributed by atoms with Gasteiger partial charge in [0.25, 0.3) is 0 Å². The number of benzene rings is 2. The topological polar surface area (TPSA) is 49.9 Å². The third-order valence-electron chi connectivity index (χ3n) is 5.36. The van der Waals surface area contributed by atoms with E-state index >= 15 is 0 Å². The van der Waals surface area contributed by atoms with Gasteiger partial charge in [-0.2, -0.15) is 0 Å². The molecule has 4 rings (SSSR count). The molecule has 2 aliphatic heterocycles. The Morgan fingerprint density at radius 3 is 2.03 bits per heavy atom. The second-order valence-electron chi connectivity index (χ2n) is 7.41. The van der Waals surface area contributed by atoms with Crippen LogP contribution in [0.4, 0.5) is 11.4 Å². The molecule has 2 aromatic rings. The molecule has 0 saturated carbocycles. The van der Waals surface area contributed by atoms with Crippen molar-refractivity contribution in [3.63, 3.8) is 0 Å². The van der Waals surface area contributed by atoms with Gasteiger partial charge >= 0.3 is 0 Å². The average Bonchev–Trinajstić information content (AvgIpc) is 3.12. The fraction of sp³-hybridized carbons (Fsp3) is 0.381. The van der Waals surface area contributed by atoms with Crippen molar-refractivity contribution in [3.05, 3.63) is 53.6 Å². The fourth-order valence-electron chi connectivity index (χ4n) is 3.95. The SMILES string of the molecule is CCCCOc1ccc(N2C(=S)N(c3ccc(Cl)cc3)C3CS(=O)(=O)CC32)cc1. The Balaban J connectivity index is 1.64. The number of fused-ring (bicyclic) bond motifs is 1. The molecule has 0 bridgehead atoms. The minimum absolute atomic E-state index is 0.0924. The van der Waals surface area contributed by atoms with Gasteiger partial charge in [-0.25, -0.2) is 8.42 Å². The molecule has 154 valence electrons. The minimum Gasteiger partial charge on any atom is -0.494 e. The number of anilines is 2. The maximum atomic E-state index is 12.4. The monoisotopic (exact) mass is 450 g/mol. The van der Waals surface area contributed by atoms with Crippen LogP contribution < -0.4 is 14.5 Å². The van der Waals surface area contributed by atoms with Gasteiger partial charge in [-0.1, -0.05) is 24.9 Å². The predicted octanol–water partition coefficient (Wildman–Crippen LogP) is 4.30. The number of halogens is 1. The number of unbranched alkanes of at least 4 members (excludes halogenated alkanes) is 1. The highest BCUT2D eigenvalue weighted by atomic mass is 35.5. The zero-order valence-corrected chi connectivity index (χ0v) is 18.5. The lowest BCUT2D eigenvalue weighted by Gasteiger charge is -2.26. The van der Waals surface area contributed by atoms with E-state index in [1.165, 1.54) is 0 Å². The summed E-state index contributed by atoms with van der Waals surface area (Å²) in [6, 6.07) is 14.6. The molecule has 8 heteroatoms. The number of hydrogen-bond donors (Lipinski definition) is 0. The van der Waals surface area contributed by atoms with Crippen LogP contribution in [0.3, 0.4) is 0 Å². The molecule has 0 radical (unpaired) electrons. The third-order valence-corrected chi connectivity index (χ3v) is 7.70. The van der Waals surface area contributed by atoms with E-state index in [1.54, 1.807) is 12.1 Å². The Kier molecular flexibility index (Phi) is 5.73. The Hall–Kier alpha value is -1.83. The molecule has 0 amide bonds. The zero-order valence-electron chi connectivity index (χ0n) is 16.1. The lowest BCUT2D eigenvalue weighted by molar-refractivity contribution is 0.309. The van der Waals surface area contributed by atoms with E-state index in [9.17, 15) is 8.42 Å². The van der Waals surface area contributed by atoms with Crippen molar-refractivity contribution in [2.45, 2.75) is 31.8 Å². The first-order valence-electron chi connectivity index (χ1n) is 9.71. The highest BCUT2D eigenvalue weighted by molar-refractivity contribution is 7.91. The summed E-state index contributed by atoms with van der Waals surface area (Å²) in [7, 11) is -3.14. The van der Waals surface area contributed by atoms with Gasteiger partial charge in [-0.05, 0) is 67.2 Å². The van der Waals surface area contributed by atoms with Crippen LogP contribution in [0.25, 0.3) is 0 Å². The number of ether oxygens (including phenoxy) is 1. The molecule has 0 aromatic heterocycles. The third kappa shape index (κ3) is 4.09. The van der Waals surface area contributed by atoms with E-state index in [1.807, 2.05) is 46.2 Å². The predicted molar refractivity (Wildman–Crippen MR) is 122 cm³/mol. The van der Waals surface area contributed by atoms with E-state index in [0.29, 0.717) is 16.7 Å². The molecule has 2 unspecified atom stereocenters. The van der Waals surface area contributed by atoms with E-state index < -0.39 is 9.84 Å². The second-order valence-corrected chi connectivity index (χ2v) is 10.4. The van der Waals surface area contributed by atoms with Crippen LogP contribution in [0.2, 0.25) is 5.02 Å². The summed E-state index contributed by atoms with van der Waals surface area (Å²) < 4.78 is 30.6. The Labute approximate surface area is 182 Å². The van der Waals surface area contributed by atoms with Gasteiger partial charge in [0.2, 0.25) is 0 Å². The number of hydrogen-bond acceptors (Lipinski definition) is 4. The molecule has 2 aromatic carbocycles. The van der Waals surface area contributed by atoms with Gasteiger partial charge in [-0.3, -0.25) is 0 Å².